The van der Waals surface area contributed by atoms with Gasteiger partial charge < -0.3 is 0 Å². The maximum Gasteiger partial charge on any atom is 0.178 e. The molecule has 0 N–H and O–H groups in total. The summed E-state index contributed by atoms with van der Waals surface area (Å²) in [4.78, 5) is -0.270. The lowest BCUT2D eigenvalue weighted by Gasteiger charge is -2.07. The van der Waals surface area contributed by atoms with Crippen LogP contribution in [0.4, 0.5) is 4.39 Å². The highest BCUT2D eigenvalue weighted by Gasteiger charge is 2.16. The van der Waals surface area contributed by atoms with E-state index in [2.05, 4.69) is 0 Å². The van der Waals surface area contributed by atoms with Crippen LogP contribution in [0.2, 0.25) is 0 Å². The second-order valence-corrected chi connectivity index (χ2v) is 8.21. The van der Waals surface area contributed by atoms with Gasteiger partial charge in [0.1, 0.15) is 10.7 Å². The van der Waals surface area contributed by atoms with E-state index in [1.54, 1.807) is 6.07 Å². The summed E-state index contributed by atoms with van der Waals surface area (Å²) < 4.78 is 37.2. The molecule has 1 heterocycles. The summed E-state index contributed by atoms with van der Waals surface area (Å²) in [6.07, 6.45) is 1.01. The average molecular weight is 346 g/mol. The summed E-state index contributed by atoms with van der Waals surface area (Å²) in [6, 6.07) is 12.4. The van der Waals surface area contributed by atoms with Crippen LogP contribution in [0.15, 0.2) is 58.1 Å². The largest absolute Gasteiger partial charge is 0.224 e. The number of sulfone groups is 1. The fourth-order valence-corrected chi connectivity index (χ4v) is 4.04. The third-order valence-electron chi connectivity index (χ3n) is 3.67. The summed E-state index contributed by atoms with van der Waals surface area (Å²) in [7, 11) is -3.56. The van der Waals surface area contributed by atoms with E-state index in [0.29, 0.717) is 5.56 Å². The van der Waals surface area contributed by atoms with Crippen molar-refractivity contribution >= 4 is 21.2 Å². The zero-order chi connectivity index (χ0) is 16.6. The molecular formula is C18H15FO2S2. The molecule has 0 spiro atoms. The molecule has 0 radical (unpaired) electrons. The molecule has 0 saturated carbocycles. The zero-order valence-corrected chi connectivity index (χ0v) is 14.3. The number of rotatable bonds is 3. The second-order valence-electron chi connectivity index (χ2n) is 5.48. The molecule has 5 heteroatoms. The molecule has 2 aromatic carbocycles. The van der Waals surface area contributed by atoms with E-state index in [0.717, 1.165) is 22.9 Å². The molecule has 0 unspecified atom stereocenters. The minimum Gasteiger partial charge on any atom is -0.224 e. The molecule has 0 fully saturated rings. The molecule has 3 aromatic rings. The quantitative estimate of drug-likeness (QED) is 0.673. The summed E-state index contributed by atoms with van der Waals surface area (Å²) in [5.41, 5.74) is 4.82. The van der Waals surface area contributed by atoms with E-state index in [1.165, 1.54) is 29.0 Å². The highest BCUT2D eigenvalue weighted by Crippen LogP contribution is 2.36. The molecule has 0 atom stereocenters. The monoisotopic (exact) mass is 346 g/mol. The molecular weight excluding hydrogens is 331 g/mol. The standard InChI is InChI=1S/C18H15FO2S2/c1-12-3-5-13(6-4-12)15-10-22-11-16(15)14-7-8-18(17(19)9-14)23(2,20)21/h3-11H,1-2H3. The first-order chi connectivity index (χ1) is 10.9. The number of hydrogen-bond donors (Lipinski definition) is 0. The van der Waals surface area contributed by atoms with Gasteiger partial charge in [-0.3, -0.25) is 0 Å². The van der Waals surface area contributed by atoms with Crippen molar-refractivity contribution in [2.45, 2.75) is 11.8 Å². The Balaban J connectivity index is 2.09. The summed E-state index contributed by atoms with van der Waals surface area (Å²) in [5.74, 6) is -0.717. The molecule has 0 amide bonds. The molecule has 0 aliphatic carbocycles. The van der Waals surface area contributed by atoms with Crippen molar-refractivity contribution in [1.29, 1.82) is 0 Å². The Morgan fingerprint density at radius 2 is 1.48 bits per heavy atom. The third kappa shape index (κ3) is 3.21. The van der Waals surface area contributed by atoms with Crippen molar-refractivity contribution in [2.75, 3.05) is 6.26 Å². The number of thiophene rings is 1. The zero-order valence-electron chi connectivity index (χ0n) is 12.7. The molecule has 23 heavy (non-hydrogen) atoms. The smallest absolute Gasteiger partial charge is 0.178 e. The minimum absolute atomic E-state index is 0.270. The SMILES string of the molecule is Cc1ccc(-c2cscc2-c2ccc(S(C)(=O)=O)c(F)c2)cc1. The lowest BCUT2D eigenvalue weighted by molar-refractivity contribution is 0.571. The molecule has 0 saturated heterocycles. The first-order valence-corrected chi connectivity index (χ1v) is 9.83. The number of benzene rings is 2. The lowest BCUT2D eigenvalue weighted by Crippen LogP contribution is -2.00. The fourth-order valence-electron chi connectivity index (χ4n) is 2.45. The predicted molar refractivity (Wildman–Crippen MR) is 93.0 cm³/mol. The van der Waals surface area contributed by atoms with Crippen LogP contribution in [-0.4, -0.2) is 14.7 Å². The van der Waals surface area contributed by atoms with Crippen molar-refractivity contribution in [3.8, 4) is 22.3 Å². The highest BCUT2D eigenvalue weighted by atomic mass is 32.2. The number of halogens is 1. The molecule has 0 aliphatic heterocycles. The van der Waals surface area contributed by atoms with Gasteiger partial charge in [-0.15, -0.1) is 0 Å². The Hall–Kier alpha value is -1.98. The predicted octanol–water partition coefficient (Wildman–Crippen LogP) is 4.93. The first kappa shape index (κ1) is 15.9. The van der Waals surface area contributed by atoms with Crippen LogP contribution in [-0.2, 0) is 9.84 Å². The van der Waals surface area contributed by atoms with Crippen LogP contribution < -0.4 is 0 Å². The molecule has 2 nitrogen and oxygen atoms in total. The highest BCUT2D eigenvalue weighted by molar-refractivity contribution is 7.90. The normalized spacial score (nSPS) is 11.6. The average Bonchev–Trinajstić information content (AvgIpc) is 2.96. The Bertz CT molecular complexity index is 955. The van der Waals surface area contributed by atoms with E-state index in [-0.39, 0.29) is 4.90 Å². The van der Waals surface area contributed by atoms with E-state index < -0.39 is 15.7 Å². The van der Waals surface area contributed by atoms with Crippen LogP contribution in [0, 0.1) is 12.7 Å². The van der Waals surface area contributed by atoms with Gasteiger partial charge in [-0.1, -0.05) is 35.9 Å². The number of hydrogen-bond acceptors (Lipinski definition) is 3. The van der Waals surface area contributed by atoms with Crippen molar-refractivity contribution in [3.63, 3.8) is 0 Å². The van der Waals surface area contributed by atoms with Gasteiger partial charge in [0.15, 0.2) is 9.84 Å². The van der Waals surface area contributed by atoms with Gasteiger partial charge in [0.05, 0.1) is 0 Å². The van der Waals surface area contributed by atoms with Gasteiger partial charge in [-0.05, 0) is 40.9 Å². The first-order valence-electron chi connectivity index (χ1n) is 6.99. The number of aryl methyl sites for hydroxylation is 1. The summed E-state index contributed by atoms with van der Waals surface area (Å²) in [5, 5.41) is 3.96. The van der Waals surface area contributed by atoms with Crippen molar-refractivity contribution in [1.82, 2.24) is 0 Å². The molecule has 1 aromatic heterocycles. The molecule has 0 aliphatic rings. The van der Waals surface area contributed by atoms with E-state index in [4.69, 9.17) is 0 Å². The second kappa shape index (κ2) is 5.91. The van der Waals surface area contributed by atoms with Gasteiger partial charge >= 0.3 is 0 Å². The lowest BCUT2D eigenvalue weighted by atomic mass is 9.98. The van der Waals surface area contributed by atoms with E-state index >= 15 is 0 Å². The van der Waals surface area contributed by atoms with Gasteiger partial charge in [0.25, 0.3) is 0 Å². The molecule has 3 rings (SSSR count). The third-order valence-corrected chi connectivity index (χ3v) is 5.54. The van der Waals surface area contributed by atoms with Crippen LogP contribution >= 0.6 is 11.3 Å². The molecule has 0 bridgehead atoms. The van der Waals surface area contributed by atoms with Gasteiger partial charge in [0, 0.05) is 17.4 Å². The van der Waals surface area contributed by atoms with Crippen LogP contribution in [0.3, 0.4) is 0 Å². The van der Waals surface area contributed by atoms with Gasteiger partial charge in [-0.25, -0.2) is 12.8 Å². The van der Waals surface area contributed by atoms with Crippen LogP contribution in [0.25, 0.3) is 22.3 Å². The molecule has 118 valence electrons. The van der Waals surface area contributed by atoms with Crippen molar-refractivity contribution < 1.29 is 12.8 Å². The maximum absolute atomic E-state index is 14.1. The topological polar surface area (TPSA) is 34.1 Å². The maximum atomic E-state index is 14.1. The Morgan fingerprint density at radius 3 is 2.04 bits per heavy atom. The Kier molecular flexibility index (Phi) is 4.08. The van der Waals surface area contributed by atoms with Gasteiger partial charge in [0.2, 0.25) is 0 Å². The summed E-state index contributed by atoms with van der Waals surface area (Å²) >= 11 is 1.53. The Labute approximate surface area is 139 Å². The minimum atomic E-state index is -3.56. The van der Waals surface area contributed by atoms with E-state index in [1.807, 2.05) is 41.9 Å². The summed E-state index contributed by atoms with van der Waals surface area (Å²) in [6.45, 7) is 2.03. The fraction of sp³-hybridized carbons (Fsp3) is 0.111. The van der Waals surface area contributed by atoms with Gasteiger partial charge in [-0.2, -0.15) is 11.3 Å². The van der Waals surface area contributed by atoms with Crippen LogP contribution in [0.5, 0.6) is 0 Å². The van der Waals surface area contributed by atoms with E-state index in [9.17, 15) is 12.8 Å². The van der Waals surface area contributed by atoms with Crippen LogP contribution in [0.1, 0.15) is 5.56 Å². The van der Waals surface area contributed by atoms with Crippen molar-refractivity contribution in [2.24, 2.45) is 0 Å². The Morgan fingerprint density at radius 1 is 0.913 bits per heavy atom. The van der Waals surface area contributed by atoms with Crippen molar-refractivity contribution in [3.05, 3.63) is 64.6 Å².